The lowest BCUT2D eigenvalue weighted by Gasteiger charge is -2.09. The molecule has 0 spiro atoms. The molecule has 0 heterocycles. The molecule has 0 aromatic heterocycles. The minimum Gasteiger partial charge on any atom is -0.508 e. The molecule has 0 amide bonds. The van der Waals surface area contributed by atoms with Crippen molar-refractivity contribution in [3.05, 3.63) is 53.6 Å². The van der Waals surface area contributed by atoms with Gasteiger partial charge < -0.3 is 10.2 Å². The number of benzene rings is 2. The van der Waals surface area contributed by atoms with E-state index in [1.165, 1.54) is 0 Å². The Bertz CT molecular complexity index is 556. The Balaban J connectivity index is 2.63. The second kappa shape index (κ2) is 4.29. The third kappa shape index (κ3) is 2.13. The van der Waals surface area contributed by atoms with Crippen LogP contribution in [0, 0.1) is 6.92 Å². The van der Waals surface area contributed by atoms with Crippen molar-refractivity contribution in [1.29, 1.82) is 0 Å². The van der Waals surface area contributed by atoms with Gasteiger partial charge in [0.2, 0.25) is 0 Å². The van der Waals surface area contributed by atoms with Crippen LogP contribution >= 0.6 is 0 Å². The van der Waals surface area contributed by atoms with Crippen LogP contribution in [0.1, 0.15) is 15.9 Å². The fourth-order valence-electron chi connectivity index (χ4n) is 1.83. The largest absolute Gasteiger partial charge is 0.508 e. The zero-order valence-electron chi connectivity index (χ0n) is 9.34. The molecule has 0 fully saturated rings. The molecule has 2 aromatic rings. The zero-order chi connectivity index (χ0) is 12.4. The first-order valence-electron chi connectivity index (χ1n) is 5.22. The number of hydrogen-bond acceptors (Lipinski definition) is 2. The molecule has 2 aromatic carbocycles. The number of carboxylic acids is 1. The van der Waals surface area contributed by atoms with E-state index in [4.69, 9.17) is 0 Å². The van der Waals surface area contributed by atoms with Gasteiger partial charge in [-0.3, -0.25) is 0 Å². The third-order valence-corrected chi connectivity index (χ3v) is 2.66. The molecule has 0 atom stereocenters. The maximum atomic E-state index is 11.2. The number of carbonyl (C=O) groups is 1. The normalized spacial score (nSPS) is 10.2. The van der Waals surface area contributed by atoms with Crippen LogP contribution in [0.2, 0.25) is 0 Å². The Morgan fingerprint density at radius 3 is 2.29 bits per heavy atom. The molecule has 0 aliphatic rings. The minimum atomic E-state index is -0.939. The summed E-state index contributed by atoms with van der Waals surface area (Å²) in [5.74, 6) is -0.774. The van der Waals surface area contributed by atoms with Crippen molar-refractivity contribution >= 4 is 5.97 Å². The van der Waals surface area contributed by atoms with Crippen LogP contribution in [0.4, 0.5) is 0 Å². The molecule has 0 saturated heterocycles. The SMILES string of the molecule is Cc1cccc(-c2ccc(O)cc2)c1C(=O)O. The molecule has 0 unspecified atom stereocenters. The van der Waals surface area contributed by atoms with Gasteiger partial charge in [0.05, 0.1) is 5.56 Å². The summed E-state index contributed by atoms with van der Waals surface area (Å²) in [5.41, 5.74) is 2.47. The summed E-state index contributed by atoms with van der Waals surface area (Å²) in [4.78, 5) is 11.2. The van der Waals surface area contributed by atoms with E-state index < -0.39 is 5.97 Å². The van der Waals surface area contributed by atoms with Crippen LogP contribution in [0.3, 0.4) is 0 Å². The highest BCUT2D eigenvalue weighted by Crippen LogP contribution is 2.27. The van der Waals surface area contributed by atoms with Crippen LogP contribution in [-0.4, -0.2) is 16.2 Å². The minimum absolute atomic E-state index is 0.165. The second-order valence-electron chi connectivity index (χ2n) is 3.85. The molecule has 0 aliphatic carbocycles. The summed E-state index contributed by atoms with van der Waals surface area (Å²) < 4.78 is 0. The fourth-order valence-corrected chi connectivity index (χ4v) is 1.83. The van der Waals surface area contributed by atoms with Gasteiger partial charge in [-0.2, -0.15) is 0 Å². The third-order valence-electron chi connectivity index (χ3n) is 2.66. The highest BCUT2D eigenvalue weighted by atomic mass is 16.4. The van der Waals surface area contributed by atoms with E-state index in [0.717, 1.165) is 11.1 Å². The van der Waals surface area contributed by atoms with Crippen molar-refractivity contribution in [2.45, 2.75) is 6.92 Å². The van der Waals surface area contributed by atoms with E-state index >= 15 is 0 Å². The highest BCUT2D eigenvalue weighted by Gasteiger charge is 2.13. The molecule has 17 heavy (non-hydrogen) atoms. The number of aryl methyl sites for hydroxylation is 1. The Labute approximate surface area is 99.0 Å². The van der Waals surface area contributed by atoms with Gasteiger partial charge in [0.15, 0.2) is 0 Å². The lowest BCUT2D eigenvalue weighted by molar-refractivity contribution is 0.0697. The molecule has 0 aliphatic heterocycles. The van der Waals surface area contributed by atoms with E-state index in [1.807, 2.05) is 6.07 Å². The average molecular weight is 228 g/mol. The predicted octanol–water partition coefficient (Wildman–Crippen LogP) is 3.07. The van der Waals surface area contributed by atoms with Crippen LogP contribution in [-0.2, 0) is 0 Å². The molecule has 3 heteroatoms. The van der Waals surface area contributed by atoms with Crippen LogP contribution in [0.15, 0.2) is 42.5 Å². The number of aromatic hydroxyl groups is 1. The van der Waals surface area contributed by atoms with E-state index in [-0.39, 0.29) is 5.75 Å². The van der Waals surface area contributed by atoms with Crippen molar-refractivity contribution in [3.8, 4) is 16.9 Å². The molecule has 0 radical (unpaired) electrons. The molecule has 0 saturated carbocycles. The van der Waals surface area contributed by atoms with E-state index in [0.29, 0.717) is 11.1 Å². The summed E-state index contributed by atoms with van der Waals surface area (Å²) in [5, 5.41) is 18.4. The van der Waals surface area contributed by atoms with Crippen LogP contribution in [0.25, 0.3) is 11.1 Å². The summed E-state index contributed by atoms with van der Waals surface area (Å²) in [6.45, 7) is 1.77. The molecule has 86 valence electrons. The van der Waals surface area contributed by atoms with Gasteiger partial charge in [0.1, 0.15) is 5.75 Å². The van der Waals surface area contributed by atoms with Crippen molar-refractivity contribution in [1.82, 2.24) is 0 Å². The summed E-state index contributed by atoms with van der Waals surface area (Å²) in [7, 11) is 0. The van der Waals surface area contributed by atoms with E-state index in [2.05, 4.69) is 0 Å². The number of aromatic carboxylic acids is 1. The van der Waals surface area contributed by atoms with Crippen molar-refractivity contribution in [2.75, 3.05) is 0 Å². The lowest BCUT2D eigenvalue weighted by Crippen LogP contribution is -2.02. The van der Waals surface area contributed by atoms with Crippen LogP contribution in [0.5, 0.6) is 5.75 Å². The van der Waals surface area contributed by atoms with Gasteiger partial charge in [-0.1, -0.05) is 30.3 Å². The monoisotopic (exact) mass is 228 g/mol. The summed E-state index contributed by atoms with van der Waals surface area (Å²) in [6, 6.07) is 11.9. The summed E-state index contributed by atoms with van der Waals surface area (Å²) >= 11 is 0. The van der Waals surface area contributed by atoms with Gasteiger partial charge in [0, 0.05) is 0 Å². The first-order valence-corrected chi connectivity index (χ1v) is 5.22. The first kappa shape index (κ1) is 11.2. The number of hydrogen-bond donors (Lipinski definition) is 2. The van der Waals surface area contributed by atoms with Crippen LogP contribution < -0.4 is 0 Å². The second-order valence-corrected chi connectivity index (χ2v) is 3.85. The first-order chi connectivity index (χ1) is 8.09. The predicted molar refractivity (Wildman–Crippen MR) is 65.2 cm³/mol. The molecular weight excluding hydrogens is 216 g/mol. The number of phenolic OH excluding ortho intramolecular Hbond substituents is 1. The van der Waals surface area contributed by atoms with Crippen molar-refractivity contribution < 1.29 is 15.0 Å². The highest BCUT2D eigenvalue weighted by molar-refractivity contribution is 5.97. The van der Waals surface area contributed by atoms with E-state index in [1.54, 1.807) is 43.3 Å². The van der Waals surface area contributed by atoms with Gasteiger partial charge in [-0.25, -0.2) is 4.79 Å². The fraction of sp³-hybridized carbons (Fsp3) is 0.0714. The molecule has 0 bridgehead atoms. The number of rotatable bonds is 2. The Hall–Kier alpha value is -2.29. The molecule has 3 nitrogen and oxygen atoms in total. The van der Waals surface area contributed by atoms with Gasteiger partial charge >= 0.3 is 5.97 Å². The summed E-state index contributed by atoms with van der Waals surface area (Å²) in [6.07, 6.45) is 0. The van der Waals surface area contributed by atoms with Gasteiger partial charge in [-0.15, -0.1) is 0 Å². The molecular formula is C14H12O3. The number of phenols is 1. The van der Waals surface area contributed by atoms with Gasteiger partial charge in [-0.05, 0) is 35.7 Å². The zero-order valence-corrected chi connectivity index (χ0v) is 9.34. The van der Waals surface area contributed by atoms with Crippen molar-refractivity contribution in [3.63, 3.8) is 0 Å². The number of carboxylic acid groups (broad SMARTS) is 1. The standard InChI is InChI=1S/C14H12O3/c1-9-3-2-4-12(13(9)14(16)17)10-5-7-11(15)8-6-10/h2-8,15H,1H3,(H,16,17). The quantitative estimate of drug-likeness (QED) is 0.830. The molecule has 2 rings (SSSR count). The Morgan fingerprint density at radius 2 is 1.71 bits per heavy atom. The molecule has 2 N–H and O–H groups in total. The smallest absolute Gasteiger partial charge is 0.336 e. The average Bonchev–Trinajstić information content (AvgIpc) is 2.29. The Morgan fingerprint density at radius 1 is 1.06 bits per heavy atom. The topological polar surface area (TPSA) is 57.5 Å². The van der Waals surface area contributed by atoms with Gasteiger partial charge in [0.25, 0.3) is 0 Å². The maximum Gasteiger partial charge on any atom is 0.336 e. The lowest BCUT2D eigenvalue weighted by atomic mass is 9.96. The maximum absolute atomic E-state index is 11.2. The van der Waals surface area contributed by atoms with E-state index in [9.17, 15) is 15.0 Å². The van der Waals surface area contributed by atoms with Crippen molar-refractivity contribution in [2.24, 2.45) is 0 Å². The Kier molecular flexibility index (Phi) is 2.83.